The topological polar surface area (TPSA) is 83.9 Å². The number of halogens is 1. The summed E-state index contributed by atoms with van der Waals surface area (Å²) in [4.78, 5) is 9.73. The van der Waals surface area contributed by atoms with Crippen molar-refractivity contribution in [2.45, 2.75) is 31.8 Å². The summed E-state index contributed by atoms with van der Waals surface area (Å²) in [6.07, 6.45) is 3.57. The first-order valence-corrected chi connectivity index (χ1v) is 14.6. The number of furan rings is 1. The molecule has 2 aromatic carbocycles. The third kappa shape index (κ3) is 4.84. The molecule has 7 rings (SSSR count). The number of benzene rings is 2. The molecule has 0 unspecified atom stereocenters. The summed E-state index contributed by atoms with van der Waals surface area (Å²) in [5.74, 6) is 1.92. The first-order chi connectivity index (χ1) is 20.0. The number of imidazole rings is 1. The maximum Gasteiger partial charge on any atom is 0.155 e. The minimum absolute atomic E-state index is 0.226. The molecule has 8 nitrogen and oxygen atoms in total. The minimum atomic E-state index is -0.226. The van der Waals surface area contributed by atoms with E-state index in [1.54, 1.807) is 23.0 Å². The van der Waals surface area contributed by atoms with E-state index in [0.717, 1.165) is 45.3 Å². The number of thiazole rings is 1. The van der Waals surface area contributed by atoms with Crippen LogP contribution in [0.15, 0.2) is 70.6 Å². The quantitative estimate of drug-likeness (QED) is 0.195. The molecule has 0 aliphatic carbocycles. The zero-order valence-corrected chi connectivity index (χ0v) is 24.2. The molecule has 0 saturated carbocycles. The number of hydrogen-bond donors (Lipinski definition) is 0. The van der Waals surface area contributed by atoms with E-state index in [2.05, 4.69) is 21.5 Å². The third-order valence-electron chi connectivity index (χ3n) is 7.57. The molecule has 1 aliphatic heterocycles. The Hall–Kier alpha value is -3.92. The second kappa shape index (κ2) is 10.5. The summed E-state index contributed by atoms with van der Waals surface area (Å²) in [5, 5.41) is 9.18. The summed E-state index contributed by atoms with van der Waals surface area (Å²) in [5.41, 5.74) is 4.81. The molecule has 41 heavy (non-hydrogen) atoms. The minimum Gasteiger partial charge on any atom is -0.496 e. The number of aryl methyl sites for hydroxylation is 1. The van der Waals surface area contributed by atoms with Crippen LogP contribution in [0.2, 0.25) is 5.02 Å². The normalized spacial score (nSPS) is 15.0. The van der Waals surface area contributed by atoms with Crippen LogP contribution in [0, 0.1) is 6.92 Å². The van der Waals surface area contributed by atoms with Crippen molar-refractivity contribution >= 4 is 39.6 Å². The van der Waals surface area contributed by atoms with E-state index in [1.807, 2.05) is 61.7 Å². The molecule has 4 aromatic heterocycles. The highest BCUT2D eigenvalue weighted by Gasteiger charge is 2.39. The van der Waals surface area contributed by atoms with E-state index >= 15 is 0 Å². The van der Waals surface area contributed by atoms with Crippen LogP contribution in [0.4, 0.5) is 0 Å². The number of rotatable bonds is 7. The van der Waals surface area contributed by atoms with Gasteiger partial charge in [0.1, 0.15) is 34.4 Å². The van der Waals surface area contributed by atoms with Gasteiger partial charge in [-0.15, -0.1) is 11.3 Å². The number of ether oxygens (including phenoxy) is 3. The monoisotopic (exact) mass is 586 g/mol. The lowest BCUT2D eigenvalue weighted by atomic mass is 9.74. The van der Waals surface area contributed by atoms with Gasteiger partial charge in [0.15, 0.2) is 11.4 Å². The Morgan fingerprint density at radius 3 is 2.78 bits per heavy atom. The Kier molecular flexibility index (Phi) is 6.65. The molecular weight excluding hydrogens is 560 g/mol. The number of fused-ring (bicyclic) bond motifs is 2. The molecule has 0 atom stereocenters. The van der Waals surface area contributed by atoms with Gasteiger partial charge in [0.05, 0.1) is 35.5 Å². The van der Waals surface area contributed by atoms with Crippen molar-refractivity contribution in [2.75, 3.05) is 20.3 Å². The largest absolute Gasteiger partial charge is 0.496 e. The Morgan fingerprint density at radius 2 is 1.95 bits per heavy atom. The highest BCUT2D eigenvalue weighted by Crippen LogP contribution is 2.43. The maximum absolute atomic E-state index is 6.38. The van der Waals surface area contributed by atoms with Crippen LogP contribution in [0.3, 0.4) is 0 Å². The van der Waals surface area contributed by atoms with Crippen molar-refractivity contribution < 1.29 is 18.6 Å². The van der Waals surface area contributed by atoms with Gasteiger partial charge >= 0.3 is 0 Å². The highest BCUT2D eigenvalue weighted by molar-refractivity contribution is 7.09. The first-order valence-electron chi connectivity index (χ1n) is 13.4. The van der Waals surface area contributed by atoms with Crippen molar-refractivity contribution in [1.29, 1.82) is 0 Å². The van der Waals surface area contributed by atoms with Crippen molar-refractivity contribution in [2.24, 2.45) is 0 Å². The lowest BCUT2D eigenvalue weighted by molar-refractivity contribution is 0.0629. The zero-order valence-electron chi connectivity index (χ0n) is 22.6. The van der Waals surface area contributed by atoms with E-state index in [-0.39, 0.29) is 5.41 Å². The molecule has 0 bridgehead atoms. The van der Waals surface area contributed by atoms with Crippen molar-refractivity contribution in [1.82, 2.24) is 19.6 Å². The molecule has 10 heteroatoms. The summed E-state index contributed by atoms with van der Waals surface area (Å²) in [6.45, 7) is 3.62. The summed E-state index contributed by atoms with van der Waals surface area (Å²) < 4.78 is 25.6. The summed E-state index contributed by atoms with van der Waals surface area (Å²) >= 11 is 8.04. The fraction of sp³-hybridized carbons (Fsp3) is 0.258. The maximum atomic E-state index is 6.38. The number of aromatic nitrogens is 4. The lowest BCUT2D eigenvalue weighted by Gasteiger charge is -2.36. The van der Waals surface area contributed by atoms with Gasteiger partial charge in [-0.1, -0.05) is 23.7 Å². The first kappa shape index (κ1) is 26.0. The molecule has 0 N–H and O–H groups in total. The van der Waals surface area contributed by atoms with Gasteiger partial charge in [0, 0.05) is 35.7 Å². The van der Waals surface area contributed by atoms with E-state index in [4.69, 9.17) is 35.2 Å². The predicted molar refractivity (Wildman–Crippen MR) is 158 cm³/mol. The van der Waals surface area contributed by atoms with E-state index in [9.17, 15) is 0 Å². The number of methoxy groups -OCH3 is 1. The average molecular weight is 587 g/mol. The van der Waals surface area contributed by atoms with Crippen LogP contribution in [-0.2, 0) is 16.8 Å². The highest BCUT2D eigenvalue weighted by atomic mass is 35.5. The van der Waals surface area contributed by atoms with Gasteiger partial charge in [-0.25, -0.2) is 14.5 Å². The van der Waals surface area contributed by atoms with E-state index in [0.29, 0.717) is 48.4 Å². The second-order valence-electron chi connectivity index (χ2n) is 10.2. The second-order valence-corrected chi connectivity index (χ2v) is 11.5. The van der Waals surface area contributed by atoms with Gasteiger partial charge in [-0.3, -0.25) is 0 Å². The standard InChI is InChI=1S/C31H27ClN4O4S/c1-19-6-7-29-34-25(16-36(29)35-19)28-15-24-26(13-23(37-2)14-27(24)40-28)39-17-22-18-41-30(33-22)31(8-10-38-11-9-31)20-4-3-5-21(32)12-20/h3-7,12-16,18H,8-11,17H2,1-2H3. The predicted octanol–water partition coefficient (Wildman–Crippen LogP) is 7.24. The molecule has 1 saturated heterocycles. The van der Waals surface area contributed by atoms with Crippen LogP contribution >= 0.6 is 22.9 Å². The Labute approximate surface area is 245 Å². The molecule has 1 fully saturated rings. The van der Waals surface area contributed by atoms with Crippen LogP contribution in [0.1, 0.15) is 34.8 Å². The average Bonchev–Trinajstić information content (AvgIpc) is 3.74. The number of nitrogens with zero attached hydrogens (tertiary/aromatic N) is 4. The number of hydrogen-bond acceptors (Lipinski definition) is 8. The molecule has 1 aliphatic rings. The van der Waals surface area contributed by atoms with Crippen LogP contribution in [-0.4, -0.2) is 39.9 Å². The van der Waals surface area contributed by atoms with E-state index in [1.165, 1.54) is 5.56 Å². The van der Waals surface area contributed by atoms with Gasteiger partial charge in [-0.05, 0) is 55.7 Å². The SMILES string of the molecule is COc1cc(OCc2csc(C3(c4cccc(Cl)c4)CCOCC3)n2)c2cc(-c3cn4nc(C)ccc4n3)oc2c1. The molecule has 208 valence electrons. The smallest absolute Gasteiger partial charge is 0.155 e. The van der Waals surface area contributed by atoms with Crippen molar-refractivity contribution in [3.63, 3.8) is 0 Å². The zero-order chi connectivity index (χ0) is 28.0. The Balaban J connectivity index is 1.19. The molecule has 6 aromatic rings. The molecule has 5 heterocycles. The Morgan fingerprint density at radius 1 is 1.07 bits per heavy atom. The molecule has 0 spiro atoms. The summed E-state index contributed by atoms with van der Waals surface area (Å²) in [6, 6.07) is 17.6. The van der Waals surface area contributed by atoms with Gasteiger partial charge in [0.25, 0.3) is 0 Å². The van der Waals surface area contributed by atoms with Gasteiger partial charge in [-0.2, -0.15) is 5.10 Å². The fourth-order valence-electron chi connectivity index (χ4n) is 5.42. The molecule has 0 radical (unpaired) electrons. The third-order valence-corrected chi connectivity index (χ3v) is 8.91. The van der Waals surface area contributed by atoms with Crippen LogP contribution in [0.25, 0.3) is 28.1 Å². The van der Waals surface area contributed by atoms with Crippen LogP contribution < -0.4 is 9.47 Å². The van der Waals surface area contributed by atoms with Crippen molar-refractivity contribution in [3.05, 3.63) is 93.2 Å². The van der Waals surface area contributed by atoms with Crippen LogP contribution in [0.5, 0.6) is 11.5 Å². The van der Waals surface area contributed by atoms with Crippen molar-refractivity contribution in [3.8, 4) is 23.0 Å². The fourth-order valence-corrected chi connectivity index (χ4v) is 6.70. The Bertz CT molecular complexity index is 1870. The molecular formula is C31H27ClN4O4S. The lowest BCUT2D eigenvalue weighted by Crippen LogP contribution is -2.35. The molecule has 0 amide bonds. The van der Waals surface area contributed by atoms with Gasteiger partial charge < -0.3 is 18.6 Å². The van der Waals surface area contributed by atoms with E-state index < -0.39 is 0 Å². The van der Waals surface area contributed by atoms with Gasteiger partial charge in [0.2, 0.25) is 0 Å². The summed E-state index contributed by atoms with van der Waals surface area (Å²) in [7, 11) is 1.63.